The first-order valence-corrected chi connectivity index (χ1v) is 16.5. The third-order valence-electron chi connectivity index (χ3n) is 8.86. The maximum absolute atomic E-state index is 13.8. The molecule has 2 aliphatic rings. The number of carboxylic acids is 1. The number of thiazole rings is 1. The molecule has 2 aliphatic heterocycles. The van der Waals surface area contributed by atoms with Gasteiger partial charge in [-0.05, 0) is 56.0 Å². The van der Waals surface area contributed by atoms with E-state index in [1.54, 1.807) is 6.20 Å². The molecule has 3 aromatic rings. The van der Waals surface area contributed by atoms with E-state index in [2.05, 4.69) is 43.4 Å². The lowest BCUT2D eigenvalue weighted by molar-refractivity contribution is -0.138. The fourth-order valence-electron chi connectivity index (χ4n) is 6.40. The molecule has 0 spiro atoms. The largest absolute Gasteiger partial charge is 0.481 e. The van der Waals surface area contributed by atoms with Gasteiger partial charge in [-0.1, -0.05) is 13.8 Å². The molecule has 1 aromatic carbocycles. The van der Waals surface area contributed by atoms with Crippen molar-refractivity contribution in [3.8, 4) is 11.3 Å². The summed E-state index contributed by atoms with van der Waals surface area (Å²) in [6.07, 6.45) is 0.423. The van der Waals surface area contributed by atoms with E-state index >= 15 is 0 Å². The zero-order valence-electron chi connectivity index (χ0n) is 26.6. The molecule has 0 saturated carbocycles. The van der Waals surface area contributed by atoms with Gasteiger partial charge in [0.15, 0.2) is 11.5 Å². The van der Waals surface area contributed by atoms with E-state index in [0.29, 0.717) is 61.2 Å². The van der Waals surface area contributed by atoms with Gasteiger partial charge in [-0.3, -0.25) is 19.4 Å². The van der Waals surface area contributed by atoms with Gasteiger partial charge in [0.05, 0.1) is 37.5 Å². The third kappa shape index (κ3) is 8.33. The van der Waals surface area contributed by atoms with Crippen LogP contribution in [-0.2, 0) is 23.9 Å². The molecule has 5 rings (SSSR count). The fraction of sp³-hybridized carbons (Fsp3) is 0.515. The number of Topliss-reactive ketones (excluding diaryl/α,β-unsaturated/α-hetero) is 1. The number of hydrogen-bond acceptors (Lipinski definition) is 9. The van der Waals surface area contributed by atoms with Crippen molar-refractivity contribution >= 4 is 34.6 Å². The molecular formula is C33H38F3N7O3S. The number of rotatable bonds is 11. The monoisotopic (exact) mass is 669 g/mol. The van der Waals surface area contributed by atoms with Gasteiger partial charge in [0, 0.05) is 55.2 Å². The Bertz CT molecular complexity index is 1640. The van der Waals surface area contributed by atoms with E-state index in [1.165, 1.54) is 23.6 Å². The summed E-state index contributed by atoms with van der Waals surface area (Å²) >= 11 is 1.31. The molecule has 0 unspecified atom stereocenters. The predicted octanol–water partition coefficient (Wildman–Crippen LogP) is 6.20. The standard InChI is InChI=1S/C33H38F3N7O3S/c1-20(2)26-6-5-8-42(26)19-28-32(22-12-23(33(34,35)36)14-24(13-22)37-4)40-30(47-28)15-27(44)25-16-39-29(17-38-25)43-11-10-41(21(3)18-43)9-7-31(45)46/h12-14,16-17,20-21,26H,5-11,15,18-19H2,1-3H3,(H,45,46)/t21-,26-/m0/s1. The molecule has 47 heavy (non-hydrogen) atoms. The number of nitrogens with zero attached hydrogens (tertiary/aromatic N) is 7. The van der Waals surface area contributed by atoms with Gasteiger partial charge in [0.1, 0.15) is 16.5 Å². The van der Waals surface area contributed by atoms with Crippen molar-refractivity contribution in [3.05, 3.63) is 63.2 Å². The second kappa shape index (κ2) is 14.5. The third-order valence-corrected chi connectivity index (χ3v) is 9.90. The summed E-state index contributed by atoms with van der Waals surface area (Å²) in [5.41, 5.74) is -0.308. The fourth-order valence-corrected chi connectivity index (χ4v) is 7.52. The van der Waals surface area contributed by atoms with Gasteiger partial charge < -0.3 is 10.0 Å². The minimum absolute atomic E-state index is 0.0851. The number of carbonyl (C=O) groups is 2. The maximum Gasteiger partial charge on any atom is 0.415 e. The lowest BCUT2D eigenvalue weighted by Gasteiger charge is -2.40. The first-order valence-electron chi connectivity index (χ1n) is 15.7. The summed E-state index contributed by atoms with van der Waals surface area (Å²) in [6, 6.07) is 3.75. The van der Waals surface area contributed by atoms with E-state index in [0.717, 1.165) is 36.4 Å². The molecular weight excluding hydrogens is 631 g/mol. The van der Waals surface area contributed by atoms with Crippen LogP contribution in [0.25, 0.3) is 16.1 Å². The average Bonchev–Trinajstić information content (AvgIpc) is 3.67. The summed E-state index contributed by atoms with van der Waals surface area (Å²) in [5, 5.41) is 9.45. The molecule has 4 heterocycles. The number of halogens is 3. The van der Waals surface area contributed by atoms with Crippen LogP contribution in [0.15, 0.2) is 30.6 Å². The molecule has 0 amide bonds. The number of carbonyl (C=O) groups excluding carboxylic acids is 1. The summed E-state index contributed by atoms with van der Waals surface area (Å²) in [5.74, 6) is -0.111. The van der Waals surface area contributed by atoms with E-state index in [4.69, 9.17) is 16.7 Å². The molecule has 14 heteroatoms. The predicted molar refractivity (Wildman–Crippen MR) is 173 cm³/mol. The van der Waals surface area contributed by atoms with Crippen LogP contribution in [0.2, 0.25) is 0 Å². The number of alkyl halides is 3. The Morgan fingerprint density at radius 2 is 1.91 bits per heavy atom. The van der Waals surface area contributed by atoms with Crippen molar-refractivity contribution in [2.24, 2.45) is 5.92 Å². The zero-order chi connectivity index (χ0) is 33.9. The highest BCUT2D eigenvalue weighted by Gasteiger charge is 2.33. The highest BCUT2D eigenvalue weighted by Crippen LogP contribution is 2.39. The van der Waals surface area contributed by atoms with Crippen LogP contribution >= 0.6 is 11.3 Å². The first-order chi connectivity index (χ1) is 22.3. The SMILES string of the molecule is [C-]#[N+]c1cc(-c2nc(CC(=O)c3cnc(N4CCN(CCC(=O)O)[C@@H](C)C4)cn3)sc2CN2CCC[C@H]2C(C)C)cc(C(F)(F)F)c1. The lowest BCUT2D eigenvalue weighted by atomic mass is 10.0. The Hall–Kier alpha value is -3.93. The van der Waals surface area contributed by atoms with Gasteiger partial charge in [0.25, 0.3) is 0 Å². The summed E-state index contributed by atoms with van der Waals surface area (Å²) in [4.78, 5) is 48.4. The molecule has 2 fully saturated rings. The normalized spacial score (nSPS) is 19.3. The van der Waals surface area contributed by atoms with E-state index in [-0.39, 0.29) is 41.6 Å². The topological polar surface area (TPSA) is 107 Å². The summed E-state index contributed by atoms with van der Waals surface area (Å²) in [6.45, 7) is 17.5. The van der Waals surface area contributed by atoms with Gasteiger partial charge in [-0.15, -0.1) is 11.3 Å². The number of anilines is 1. The highest BCUT2D eigenvalue weighted by molar-refractivity contribution is 7.12. The van der Waals surface area contributed by atoms with Crippen molar-refractivity contribution in [1.82, 2.24) is 24.8 Å². The Balaban J connectivity index is 1.36. The molecule has 0 bridgehead atoms. The van der Waals surface area contributed by atoms with Gasteiger partial charge in [-0.25, -0.2) is 19.8 Å². The Labute approximate surface area is 276 Å². The first kappa shape index (κ1) is 34.4. The van der Waals surface area contributed by atoms with Crippen LogP contribution in [0.4, 0.5) is 24.7 Å². The van der Waals surface area contributed by atoms with Crippen molar-refractivity contribution in [1.29, 1.82) is 0 Å². The van der Waals surface area contributed by atoms with Gasteiger partial charge in [0.2, 0.25) is 0 Å². The van der Waals surface area contributed by atoms with Crippen LogP contribution in [0.5, 0.6) is 0 Å². The molecule has 1 N–H and O–H groups in total. The number of aromatic nitrogens is 3. The molecule has 2 aromatic heterocycles. The highest BCUT2D eigenvalue weighted by atomic mass is 32.1. The van der Waals surface area contributed by atoms with Crippen molar-refractivity contribution in [3.63, 3.8) is 0 Å². The smallest absolute Gasteiger partial charge is 0.415 e. The van der Waals surface area contributed by atoms with E-state index in [9.17, 15) is 22.8 Å². The van der Waals surface area contributed by atoms with Crippen molar-refractivity contribution in [2.45, 2.75) is 71.3 Å². The second-order valence-electron chi connectivity index (χ2n) is 12.5. The van der Waals surface area contributed by atoms with Crippen molar-refractivity contribution < 1.29 is 27.9 Å². The summed E-state index contributed by atoms with van der Waals surface area (Å²) in [7, 11) is 0. The number of benzene rings is 1. The molecule has 0 radical (unpaired) electrons. The Morgan fingerprint density at radius 1 is 1.13 bits per heavy atom. The maximum atomic E-state index is 13.8. The van der Waals surface area contributed by atoms with Gasteiger partial charge >= 0.3 is 12.1 Å². The number of ketones is 1. The molecule has 2 saturated heterocycles. The average molecular weight is 670 g/mol. The van der Waals surface area contributed by atoms with Crippen LogP contribution in [0.1, 0.15) is 66.0 Å². The number of hydrogen-bond donors (Lipinski definition) is 1. The van der Waals surface area contributed by atoms with Crippen LogP contribution in [-0.4, -0.2) is 86.4 Å². The second-order valence-corrected chi connectivity index (χ2v) is 13.7. The number of aliphatic carboxylic acids is 1. The lowest BCUT2D eigenvalue weighted by Crippen LogP contribution is -2.52. The number of carboxylic acid groups (broad SMARTS) is 1. The summed E-state index contributed by atoms with van der Waals surface area (Å²) < 4.78 is 41.3. The van der Waals surface area contributed by atoms with E-state index < -0.39 is 17.7 Å². The number of piperazine rings is 1. The molecule has 10 nitrogen and oxygen atoms in total. The Morgan fingerprint density at radius 3 is 2.55 bits per heavy atom. The zero-order valence-corrected chi connectivity index (χ0v) is 27.4. The molecule has 2 atom stereocenters. The number of likely N-dealkylation sites (tertiary alicyclic amines) is 1. The quantitative estimate of drug-likeness (QED) is 0.189. The minimum atomic E-state index is -4.63. The molecule has 0 aliphatic carbocycles. The van der Waals surface area contributed by atoms with Crippen LogP contribution in [0, 0.1) is 12.5 Å². The van der Waals surface area contributed by atoms with E-state index in [1.807, 2.05) is 6.92 Å². The van der Waals surface area contributed by atoms with Crippen LogP contribution < -0.4 is 4.90 Å². The van der Waals surface area contributed by atoms with Crippen molar-refractivity contribution in [2.75, 3.05) is 37.6 Å². The minimum Gasteiger partial charge on any atom is -0.481 e. The Kier molecular flexibility index (Phi) is 10.6. The van der Waals surface area contributed by atoms with Gasteiger partial charge in [-0.2, -0.15) is 13.2 Å². The molecule has 250 valence electrons. The van der Waals surface area contributed by atoms with Crippen LogP contribution in [0.3, 0.4) is 0 Å².